The molecule has 0 atom stereocenters. The van der Waals surface area contributed by atoms with Crippen LogP contribution < -0.4 is 0 Å². The first-order valence-electron chi connectivity index (χ1n) is 5.66. The van der Waals surface area contributed by atoms with Gasteiger partial charge in [-0.05, 0) is 38.3 Å². The van der Waals surface area contributed by atoms with Crippen LogP contribution in [0, 0.1) is 5.92 Å². The van der Waals surface area contributed by atoms with E-state index in [-0.39, 0.29) is 0 Å². The zero-order valence-electron chi connectivity index (χ0n) is 10.6. The maximum atomic E-state index is 4.51. The first-order chi connectivity index (χ1) is 7.10. The van der Waals surface area contributed by atoms with Crippen molar-refractivity contribution in [3.05, 3.63) is 36.1 Å². The molecular formula is C14H23N. The second-order valence-electron chi connectivity index (χ2n) is 3.88. The fourth-order valence-corrected chi connectivity index (χ4v) is 1.02. The standard InChI is InChI=1S/C14H23N/c1-6-8-9-13(5)15-14(7-2)11-10-12(3)4/h7-12H,6H2,1-5H3/b9-8-,11-10-,14-7+,15-13-. The third-order valence-corrected chi connectivity index (χ3v) is 1.85. The first-order valence-corrected chi connectivity index (χ1v) is 5.66. The van der Waals surface area contributed by atoms with E-state index in [1.165, 1.54) is 0 Å². The summed E-state index contributed by atoms with van der Waals surface area (Å²) < 4.78 is 0. The zero-order valence-corrected chi connectivity index (χ0v) is 10.6. The smallest absolute Gasteiger partial charge is 0.0587 e. The predicted octanol–water partition coefficient (Wildman–Crippen LogP) is 4.53. The molecule has 1 heteroatoms. The van der Waals surface area contributed by atoms with Crippen molar-refractivity contribution in [3.63, 3.8) is 0 Å². The largest absolute Gasteiger partial charge is 0.254 e. The van der Waals surface area contributed by atoms with Gasteiger partial charge >= 0.3 is 0 Å². The molecule has 0 rings (SSSR count). The highest BCUT2D eigenvalue weighted by Crippen LogP contribution is 2.04. The van der Waals surface area contributed by atoms with Crippen molar-refractivity contribution in [2.75, 3.05) is 0 Å². The maximum Gasteiger partial charge on any atom is 0.0587 e. The normalized spacial score (nSPS) is 14.8. The summed E-state index contributed by atoms with van der Waals surface area (Å²) in [6, 6.07) is 0. The molecule has 0 amide bonds. The molecule has 0 aromatic carbocycles. The van der Waals surface area contributed by atoms with Gasteiger partial charge in [-0.2, -0.15) is 0 Å². The molecule has 1 nitrogen and oxygen atoms in total. The highest BCUT2D eigenvalue weighted by atomic mass is 14.7. The average molecular weight is 205 g/mol. The van der Waals surface area contributed by atoms with E-state index in [2.05, 4.69) is 50.1 Å². The molecule has 0 aliphatic heterocycles. The van der Waals surface area contributed by atoms with Crippen LogP contribution in [-0.2, 0) is 0 Å². The molecule has 0 unspecified atom stereocenters. The second kappa shape index (κ2) is 8.22. The molecule has 0 aliphatic carbocycles. The van der Waals surface area contributed by atoms with Crippen LogP contribution >= 0.6 is 0 Å². The van der Waals surface area contributed by atoms with Crippen LogP contribution in [0.15, 0.2) is 41.1 Å². The summed E-state index contributed by atoms with van der Waals surface area (Å²) in [4.78, 5) is 4.51. The van der Waals surface area contributed by atoms with Crippen LogP contribution in [0.5, 0.6) is 0 Å². The van der Waals surface area contributed by atoms with E-state index in [0.29, 0.717) is 5.92 Å². The van der Waals surface area contributed by atoms with Gasteiger partial charge in [0.15, 0.2) is 0 Å². The monoisotopic (exact) mass is 205 g/mol. The van der Waals surface area contributed by atoms with Crippen LogP contribution in [0.2, 0.25) is 0 Å². The number of rotatable bonds is 5. The van der Waals surface area contributed by atoms with E-state index in [0.717, 1.165) is 17.8 Å². The lowest BCUT2D eigenvalue weighted by Gasteiger charge is -1.97. The molecule has 84 valence electrons. The van der Waals surface area contributed by atoms with E-state index in [9.17, 15) is 0 Å². The fraction of sp³-hybridized carbons (Fsp3) is 0.500. The lowest BCUT2D eigenvalue weighted by molar-refractivity contribution is 0.830. The number of hydrogen-bond acceptors (Lipinski definition) is 1. The maximum absolute atomic E-state index is 4.51. The number of hydrogen-bond donors (Lipinski definition) is 0. The van der Waals surface area contributed by atoms with Gasteiger partial charge in [0.05, 0.1) is 5.70 Å². The Labute approximate surface area is 94.3 Å². The predicted molar refractivity (Wildman–Crippen MR) is 70.3 cm³/mol. The SMILES string of the molecule is C/C=C(\C=C/C(C)C)/N=C(C)\C=C/CC. The van der Waals surface area contributed by atoms with Gasteiger partial charge in [-0.1, -0.05) is 39.0 Å². The summed E-state index contributed by atoms with van der Waals surface area (Å²) >= 11 is 0. The Balaban J connectivity index is 4.52. The number of allylic oxidation sites excluding steroid dienone is 5. The molecule has 0 aromatic rings. The van der Waals surface area contributed by atoms with Crippen molar-refractivity contribution in [2.45, 2.75) is 41.0 Å². The van der Waals surface area contributed by atoms with Gasteiger partial charge in [0.2, 0.25) is 0 Å². The van der Waals surface area contributed by atoms with E-state index in [1.807, 2.05) is 19.9 Å². The van der Waals surface area contributed by atoms with Crippen molar-refractivity contribution < 1.29 is 0 Å². The van der Waals surface area contributed by atoms with E-state index in [1.54, 1.807) is 0 Å². The van der Waals surface area contributed by atoms with Crippen molar-refractivity contribution in [2.24, 2.45) is 10.9 Å². The minimum absolute atomic E-state index is 0.571. The zero-order chi connectivity index (χ0) is 11.7. The number of aliphatic imine (C=N–C) groups is 1. The topological polar surface area (TPSA) is 12.4 Å². The Bertz CT molecular complexity index is 278. The van der Waals surface area contributed by atoms with Gasteiger partial charge in [-0.25, -0.2) is 0 Å². The molecule has 0 bridgehead atoms. The summed E-state index contributed by atoms with van der Waals surface area (Å²) in [5.74, 6) is 0.571. The molecule has 0 aromatic heterocycles. The van der Waals surface area contributed by atoms with Crippen LogP contribution in [-0.4, -0.2) is 5.71 Å². The second-order valence-corrected chi connectivity index (χ2v) is 3.88. The van der Waals surface area contributed by atoms with Crippen LogP contribution in [0.3, 0.4) is 0 Å². The fourth-order valence-electron chi connectivity index (χ4n) is 1.02. The summed E-state index contributed by atoms with van der Waals surface area (Å²) in [5.41, 5.74) is 2.08. The molecule has 0 radical (unpaired) electrons. The first kappa shape index (κ1) is 13.9. The summed E-state index contributed by atoms with van der Waals surface area (Å²) in [6.07, 6.45) is 11.5. The quantitative estimate of drug-likeness (QED) is 0.462. The Morgan fingerprint density at radius 2 is 1.93 bits per heavy atom. The third-order valence-electron chi connectivity index (χ3n) is 1.85. The highest BCUT2D eigenvalue weighted by molar-refractivity contribution is 5.93. The third kappa shape index (κ3) is 7.92. The molecule has 15 heavy (non-hydrogen) atoms. The van der Waals surface area contributed by atoms with E-state index in [4.69, 9.17) is 0 Å². The average Bonchev–Trinajstić information content (AvgIpc) is 2.20. The van der Waals surface area contributed by atoms with Gasteiger partial charge in [-0.15, -0.1) is 0 Å². The van der Waals surface area contributed by atoms with Crippen molar-refractivity contribution in [1.29, 1.82) is 0 Å². The Hall–Kier alpha value is -1.11. The Kier molecular flexibility index (Phi) is 7.61. The van der Waals surface area contributed by atoms with Crippen molar-refractivity contribution in [3.8, 4) is 0 Å². The van der Waals surface area contributed by atoms with Crippen molar-refractivity contribution >= 4 is 5.71 Å². The van der Waals surface area contributed by atoms with Gasteiger partial charge in [0, 0.05) is 5.71 Å². The van der Waals surface area contributed by atoms with Crippen molar-refractivity contribution in [1.82, 2.24) is 0 Å². The van der Waals surface area contributed by atoms with Gasteiger partial charge in [-0.3, -0.25) is 4.99 Å². The van der Waals surface area contributed by atoms with Crippen LogP contribution in [0.25, 0.3) is 0 Å². The summed E-state index contributed by atoms with van der Waals surface area (Å²) in [6.45, 7) is 10.5. The Morgan fingerprint density at radius 3 is 2.40 bits per heavy atom. The molecule has 0 heterocycles. The van der Waals surface area contributed by atoms with E-state index >= 15 is 0 Å². The highest BCUT2D eigenvalue weighted by Gasteiger charge is 1.89. The molecule has 0 spiro atoms. The molecule has 0 fully saturated rings. The lowest BCUT2D eigenvalue weighted by Crippen LogP contribution is -1.86. The summed E-state index contributed by atoms with van der Waals surface area (Å²) in [5, 5.41) is 0. The van der Waals surface area contributed by atoms with Crippen LogP contribution in [0.4, 0.5) is 0 Å². The Morgan fingerprint density at radius 1 is 1.27 bits per heavy atom. The van der Waals surface area contributed by atoms with E-state index < -0.39 is 0 Å². The summed E-state index contributed by atoms with van der Waals surface area (Å²) in [7, 11) is 0. The molecule has 0 saturated heterocycles. The molecule has 0 aliphatic rings. The van der Waals surface area contributed by atoms with Crippen LogP contribution in [0.1, 0.15) is 41.0 Å². The lowest BCUT2D eigenvalue weighted by atomic mass is 10.2. The van der Waals surface area contributed by atoms with Gasteiger partial charge < -0.3 is 0 Å². The number of nitrogens with zero attached hydrogens (tertiary/aromatic N) is 1. The van der Waals surface area contributed by atoms with Gasteiger partial charge in [0.1, 0.15) is 0 Å². The minimum Gasteiger partial charge on any atom is -0.254 e. The molecule has 0 N–H and O–H groups in total. The van der Waals surface area contributed by atoms with Gasteiger partial charge in [0.25, 0.3) is 0 Å². The molecular weight excluding hydrogens is 182 g/mol. The molecule has 0 saturated carbocycles. The minimum atomic E-state index is 0.571.